The van der Waals surface area contributed by atoms with Gasteiger partial charge in [0.1, 0.15) is 6.04 Å². The highest BCUT2D eigenvalue weighted by atomic mass is 79.9. The minimum absolute atomic E-state index is 0.00132. The van der Waals surface area contributed by atoms with Crippen molar-refractivity contribution in [3.05, 3.63) is 27.1 Å². The number of benzene rings is 1. The predicted octanol–water partition coefficient (Wildman–Crippen LogP) is 2.99. The van der Waals surface area contributed by atoms with Gasteiger partial charge in [0, 0.05) is 8.95 Å². The van der Waals surface area contributed by atoms with Crippen molar-refractivity contribution in [2.75, 3.05) is 0 Å². The molecule has 2 atom stereocenters. The third-order valence-electron chi connectivity index (χ3n) is 2.94. The van der Waals surface area contributed by atoms with Crippen molar-refractivity contribution in [1.82, 2.24) is 4.72 Å². The van der Waals surface area contributed by atoms with E-state index in [0.717, 1.165) is 0 Å². The van der Waals surface area contributed by atoms with Crippen LogP contribution in [0.5, 0.6) is 0 Å². The van der Waals surface area contributed by atoms with Crippen LogP contribution in [0, 0.1) is 5.92 Å². The van der Waals surface area contributed by atoms with Crippen LogP contribution in [-0.2, 0) is 14.8 Å². The van der Waals surface area contributed by atoms with Crippen molar-refractivity contribution in [1.29, 1.82) is 0 Å². The Kier molecular flexibility index (Phi) is 6.18. The number of hydrogen-bond acceptors (Lipinski definition) is 3. The first-order valence-electron chi connectivity index (χ1n) is 5.89. The average Bonchev–Trinajstić information content (AvgIpc) is 2.37. The zero-order chi connectivity index (χ0) is 15.5. The van der Waals surface area contributed by atoms with Gasteiger partial charge in [0.2, 0.25) is 10.0 Å². The summed E-state index contributed by atoms with van der Waals surface area (Å²) in [4.78, 5) is 11.2. The van der Waals surface area contributed by atoms with E-state index in [-0.39, 0.29) is 10.8 Å². The Balaban J connectivity index is 3.16. The first-order valence-corrected chi connectivity index (χ1v) is 8.96. The summed E-state index contributed by atoms with van der Waals surface area (Å²) in [5, 5.41) is 9.16. The SMILES string of the molecule is CC[C@H](C)[C@H](NS(=O)(=O)c1cc(Br)ccc1Br)C(=O)O. The predicted molar refractivity (Wildman–Crippen MR) is 83.0 cm³/mol. The van der Waals surface area contributed by atoms with Crippen molar-refractivity contribution >= 4 is 47.9 Å². The molecule has 0 saturated heterocycles. The number of carboxylic acids is 1. The summed E-state index contributed by atoms with van der Waals surface area (Å²) in [6.45, 7) is 3.50. The number of aliphatic carboxylic acids is 1. The third kappa shape index (κ3) is 4.28. The summed E-state index contributed by atoms with van der Waals surface area (Å²) in [5.41, 5.74) is 0. The Morgan fingerprint density at radius 1 is 1.40 bits per heavy atom. The van der Waals surface area contributed by atoms with Gasteiger partial charge in [0.15, 0.2) is 0 Å². The quantitative estimate of drug-likeness (QED) is 0.729. The van der Waals surface area contributed by atoms with Crippen LogP contribution in [0.1, 0.15) is 20.3 Å². The molecule has 0 amide bonds. The van der Waals surface area contributed by atoms with Gasteiger partial charge in [-0.3, -0.25) is 4.79 Å². The lowest BCUT2D eigenvalue weighted by molar-refractivity contribution is -0.140. The molecule has 2 N–H and O–H groups in total. The molecule has 0 aliphatic heterocycles. The van der Waals surface area contributed by atoms with Crippen LogP contribution in [0.15, 0.2) is 32.0 Å². The van der Waals surface area contributed by atoms with E-state index in [0.29, 0.717) is 15.4 Å². The van der Waals surface area contributed by atoms with Gasteiger partial charge in [0.05, 0.1) is 4.90 Å². The average molecular weight is 429 g/mol. The van der Waals surface area contributed by atoms with E-state index in [1.807, 2.05) is 6.92 Å². The Morgan fingerprint density at radius 3 is 2.50 bits per heavy atom. The van der Waals surface area contributed by atoms with Crippen LogP contribution in [0.4, 0.5) is 0 Å². The van der Waals surface area contributed by atoms with Gasteiger partial charge < -0.3 is 5.11 Å². The van der Waals surface area contributed by atoms with Crippen LogP contribution >= 0.6 is 31.9 Å². The largest absolute Gasteiger partial charge is 0.480 e. The van der Waals surface area contributed by atoms with E-state index in [1.165, 1.54) is 6.07 Å². The fourth-order valence-corrected chi connectivity index (χ4v) is 4.36. The topological polar surface area (TPSA) is 83.5 Å². The van der Waals surface area contributed by atoms with Gasteiger partial charge in [-0.15, -0.1) is 0 Å². The fraction of sp³-hybridized carbons (Fsp3) is 0.417. The number of carboxylic acid groups (broad SMARTS) is 1. The molecule has 8 heteroatoms. The molecule has 1 rings (SSSR count). The maximum Gasteiger partial charge on any atom is 0.322 e. The minimum atomic E-state index is -3.92. The van der Waals surface area contributed by atoms with E-state index in [2.05, 4.69) is 36.6 Å². The summed E-state index contributed by atoms with van der Waals surface area (Å²) in [6, 6.07) is 3.53. The van der Waals surface area contributed by atoms with Gasteiger partial charge in [-0.2, -0.15) is 4.72 Å². The monoisotopic (exact) mass is 427 g/mol. The number of nitrogens with one attached hydrogen (secondary N) is 1. The Bertz CT molecular complexity index is 603. The van der Waals surface area contributed by atoms with Gasteiger partial charge in [-0.05, 0) is 40.0 Å². The maximum absolute atomic E-state index is 12.3. The molecule has 5 nitrogen and oxygen atoms in total. The summed E-state index contributed by atoms with van der Waals surface area (Å²) in [5.74, 6) is -1.50. The molecule has 0 fully saturated rings. The van der Waals surface area contributed by atoms with Gasteiger partial charge in [0.25, 0.3) is 0 Å². The Labute approximate surface area is 135 Å². The standard InChI is InChI=1S/C12H15Br2NO4S/c1-3-7(2)11(12(16)17)15-20(18,19)10-6-8(13)4-5-9(10)14/h4-7,11,15H,3H2,1-2H3,(H,16,17)/t7-,11-/m0/s1. The molecule has 0 bridgehead atoms. The molecular weight excluding hydrogens is 414 g/mol. The summed E-state index contributed by atoms with van der Waals surface area (Å²) < 4.78 is 27.9. The van der Waals surface area contributed by atoms with Crippen molar-refractivity contribution < 1.29 is 18.3 Å². The van der Waals surface area contributed by atoms with E-state index < -0.39 is 22.0 Å². The van der Waals surface area contributed by atoms with Crippen molar-refractivity contribution in [3.63, 3.8) is 0 Å². The molecule has 0 spiro atoms. The highest BCUT2D eigenvalue weighted by molar-refractivity contribution is 9.11. The molecular formula is C12H15Br2NO4S. The lowest BCUT2D eigenvalue weighted by Gasteiger charge is -2.20. The number of carbonyl (C=O) groups is 1. The first-order chi connectivity index (χ1) is 9.19. The Hall–Kier alpha value is -0.440. The molecule has 0 radical (unpaired) electrons. The van der Waals surface area contributed by atoms with Crippen molar-refractivity contribution in [2.24, 2.45) is 5.92 Å². The van der Waals surface area contributed by atoms with Crippen LogP contribution in [0.3, 0.4) is 0 Å². The Morgan fingerprint density at radius 2 is 2.00 bits per heavy atom. The molecule has 0 aliphatic carbocycles. The lowest BCUT2D eigenvalue weighted by atomic mass is 10.0. The van der Waals surface area contributed by atoms with E-state index in [1.54, 1.807) is 19.1 Å². The third-order valence-corrected chi connectivity index (χ3v) is 5.87. The number of rotatable bonds is 6. The second-order valence-corrected chi connectivity index (χ2v) is 7.85. The van der Waals surface area contributed by atoms with Crippen LogP contribution in [-0.4, -0.2) is 25.5 Å². The van der Waals surface area contributed by atoms with Gasteiger partial charge >= 0.3 is 5.97 Å². The first kappa shape index (κ1) is 17.6. The van der Waals surface area contributed by atoms with Crippen LogP contribution in [0.25, 0.3) is 0 Å². The minimum Gasteiger partial charge on any atom is -0.480 e. The number of halogens is 2. The van der Waals surface area contributed by atoms with Crippen LogP contribution < -0.4 is 4.72 Å². The molecule has 0 aliphatic rings. The molecule has 0 heterocycles. The normalized spacial score (nSPS) is 14.8. The molecule has 1 aromatic rings. The second-order valence-electron chi connectivity index (χ2n) is 4.40. The van der Waals surface area contributed by atoms with Gasteiger partial charge in [-0.1, -0.05) is 36.2 Å². The van der Waals surface area contributed by atoms with E-state index in [4.69, 9.17) is 5.11 Å². The van der Waals surface area contributed by atoms with Crippen molar-refractivity contribution in [2.45, 2.75) is 31.2 Å². The highest BCUT2D eigenvalue weighted by Crippen LogP contribution is 2.26. The number of sulfonamides is 1. The lowest BCUT2D eigenvalue weighted by Crippen LogP contribution is -2.44. The van der Waals surface area contributed by atoms with E-state index >= 15 is 0 Å². The number of hydrogen-bond donors (Lipinski definition) is 2. The highest BCUT2D eigenvalue weighted by Gasteiger charge is 2.30. The fourth-order valence-electron chi connectivity index (χ4n) is 1.56. The van der Waals surface area contributed by atoms with Gasteiger partial charge in [-0.25, -0.2) is 8.42 Å². The molecule has 20 heavy (non-hydrogen) atoms. The molecule has 0 saturated carbocycles. The second kappa shape index (κ2) is 7.02. The van der Waals surface area contributed by atoms with E-state index in [9.17, 15) is 13.2 Å². The summed E-state index contributed by atoms with van der Waals surface area (Å²) in [6.07, 6.45) is 0.555. The summed E-state index contributed by atoms with van der Waals surface area (Å²) in [7, 11) is -3.92. The summed E-state index contributed by atoms with van der Waals surface area (Å²) >= 11 is 6.36. The zero-order valence-electron chi connectivity index (χ0n) is 10.9. The smallest absolute Gasteiger partial charge is 0.322 e. The molecule has 1 aromatic carbocycles. The van der Waals surface area contributed by atoms with Crippen molar-refractivity contribution in [3.8, 4) is 0 Å². The molecule has 112 valence electrons. The maximum atomic E-state index is 12.3. The van der Waals surface area contributed by atoms with Crippen LogP contribution in [0.2, 0.25) is 0 Å². The zero-order valence-corrected chi connectivity index (χ0v) is 14.9. The molecule has 0 unspecified atom stereocenters. The molecule has 0 aromatic heterocycles.